The molecule has 2 fully saturated rings. The maximum atomic E-state index is 9.28. The Morgan fingerprint density at radius 2 is 1.88 bits per heavy atom. The topological polar surface area (TPSA) is 65.2 Å². The van der Waals surface area contributed by atoms with E-state index in [2.05, 4.69) is 36.3 Å². The number of fused-ring (bicyclic) bond motifs is 5. The number of oxime groups is 2. The van der Waals surface area contributed by atoms with Crippen LogP contribution in [0, 0.1) is 28.6 Å². The van der Waals surface area contributed by atoms with Gasteiger partial charge in [-0.2, -0.15) is 0 Å². The summed E-state index contributed by atoms with van der Waals surface area (Å²) < 4.78 is 0. The molecular formula is C21H30N2O2. The number of hydrogen-bond donors (Lipinski definition) is 2. The van der Waals surface area contributed by atoms with Gasteiger partial charge >= 0.3 is 0 Å². The molecule has 0 spiro atoms. The second-order valence-electron chi connectivity index (χ2n) is 9.09. The molecule has 0 amide bonds. The molecule has 0 aromatic carbocycles. The summed E-state index contributed by atoms with van der Waals surface area (Å²) in [6.45, 7) is 6.79. The third-order valence-electron chi connectivity index (χ3n) is 8.23. The molecule has 4 heteroatoms. The van der Waals surface area contributed by atoms with Gasteiger partial charge in [0.25, 0.3) is 0 Å². The molecule has 2 saturated carbocycles. The lowest BCUT2D eigenvalue weighted by Gasteiger charge is -2.58. The van der Waals surface area contributed by atoms with Gasteiger partial charge in [-0.3, -0.25) is 0 Å². The Hall–Kier alpha value is -1.58. The SMILES string of the molecule is C/C(=N\O)C1=CCC2C3CCC4=C/C(=N/O)CCC4(C)C3CCC12C. The van der Waals surface area contributed by atoms with Crippen molar-refractivity contribution in [2.75, 3.05) is 0 Å². The zero-order chi connectivity index (χ0) is 17.8. The van der Waals surface area contributed by atoms with Gasteiger partial charge in [0.05, 0.1) is 11.4 Å². The molecule has 0 aromatic rings. The summed E-state index contributed by atoms with van der Waals surface area (Å²) in [6, 6.07) is 0. The van der Waals surface area contributed by atoms with Gasteiger partial charge in [-0.1, -0.05) is 35.8 Å². The fourth-order valence-electron chi connectivity index (χ4n) is 6.83. The van der Waals surface area contributed by atoms with E-state index in [1.165, 1.54) is 30.4 Å². The standard InChI is InChI=1S/C21H30N2O2/c1-13(22-24)17-6-7-18-16-5-4-14-12-15(23-25)8-10-20(14,2)19(16)9-11-21(17,18)3/h6,12,16,18-19,24-25H,4-5,7-11H2,1-3H3/b22-13+,23-15+. The van der Waals surface area contributed by atoms with Crippen molar-refractivity contribution in [1.29, 1.82) is 0 Å². The molecule has 4 rings (SSSR count). The highest BCUT2D eigenvalue weighted by molar-refractivity contribution is 5.99. The molecule has 0 heterocycles. The van der Waals surface area contributed by atoms with E-state index >= 15 is 0 Å². The van der Waals surface area contributed by atoms with Crippen molar-refractivity contribution in [3.8, 4) is 0 Å². The molecule has 0 saturated heterocycles. The van der Waals surface area contributed by atoms with Crippen molar-refractivity contribution < 1.29 is 10.4 Å². The maximum Gasteiger partial charge on any atom is 0.0799 e. The number of rotatable bonds is 1. The molecule has 4 aliphatic rings. The van der Waals surface area contributed by atoms with Gasteiger partial charge in [-0.15, -0.1) is 0 Å². The molecule has 5 unspecified atom stereocenters. The van der Waals surface area contributed by atoms with Crippen molar-refractivity contribution in [1.82, 2.24) is 0 Å². The number of nitrogens with zero attached hydrogens (tertiary/aromatic N) is 2. The van der Waals surface area contributed by atoms with Crippen LogP contribution in [0.15, 0.2) is 33.6 Å². The molecular weight excluding hydrogens is 312 g/mol. The minimum Gasteiger partial charge on any atom is -0.411 e. The third-order valence-corrected chi connectivity index (χ3v) is 8.23. The second kappa shape index (κ2) is 5.72. The van der Waals surface area contributed by atoms with Gasteiger partial charge in [-0.25, -0.2) is 0 Å². The molecule has 0 aromatic heterocycles. The van der Waals surface area contributed by atoms with Crippen molar-refractivity contribution in [3.63, 3.8) is 0 Å². The quantitative estimate of drug-likeness (QED) is 0.392. The van der Waals surface area contributed by atoms with Gasteiger partial charge < -0.3 is 10.4 Å². The van der Waals surface area contributed by atoms with E-state index in [9.17, 15) is 5.21 Å². The highest BCUT2D eigenvalue weighted by atomic mass is 16.4. The first-order valence-corrected chi connectivity index (χ1v) is 9.75. The molecule has 4 aliphatic carbocycles. The van der Waals surface area contributed by atoms with Crippen LogP contribution in [0.25, 0.3) is 0 Å². The maximum absolute atomic E-state index is 9.28. The van der Waals surface area contributed by atoms with Crippen LogP contribution in [0.1, 0.15) is 65.7 Å². The molecule has 4 nitrogen and oxygen atoms in total. The molecule has 0 radical (unpaired) electrons. The minimum absolute atomic E-state index is 0.168. The predicted molar refractivity (Wildman–Crippen MR) is 99.3 cm³/mol. The predicted octanol–water partition coefficient (Wildman–Crippen LogP) is 5.17. The first kappa shape index (κ1) is 16.9. The van der Waals surface area contributed by atoms with Gasteiger partial charge in [0.1, 0.15) is 0 Å². The lowest BCUT2D eigenvalue weighted by Crippen LogP contribution is -2.50. The summed E-state index contributed by atoms with van der Waals surface area (Å²) >= 11 is 0. The first-order chi connectivity index (χ1) is 11.9. The van der Waals surface area contributed by atoms with Crippen LogP contribution in [0.2, 0.25) is 0 Å². The highest BCUT2D eigenvalue weighted by Crippen LogP contribution is 2.65. The van der Waals surface area contributed by atoms with Crippen molar-refractivity contribution in [3.05, 3.63) is 23.3 Å². The lowest BCUT2D eigenvalue weighted by atomic mass is 9.47. The van der Waals surface area contributed by atoms with Crippen molar-refractivity contribution in [2.24, 2.45) is 38.9 Å². The van der Waals surface area contributed by atoms with Gasteiger partial charge in [0.15, 0.2) is 0 Å². The fraction of sp³-hybridized carbons (Fsp3) is 0.714. The average Bonchev–Trinajstić information content (AvgIpc) is 2.97. The molecule has 5 atom stereocenters. The molecule has 0 bridgehead atoms. The van der Waals surface area contributed by atoms with Crippen LogP contribution in [0.5, 0.6) is 0 Å². The lowest BCUT2D eigenvalue weighted by molar-refractivity contribution is -0.0241. The summed E-state index contributed by atoms with van der Waals surface area (Å²) in [7, 11) is 0. The fourth-order valence-corrected chi connectivity index (χ4v) is 6.83. The van der Waals surface area contributed by atoms with Crippen LogP contribution in [0.4, 0.5) is 0 Å². The number of hydrogen-bond acceptors (Lipinski definition) is 4. The van der Waals surface area contributed by atoms with E-state index in [4.69, 9.17) is 5.21 Å². The zero-order valence-corrected chi connectivity index (χ0v) is 15.6. The Morgan fingerprint density at radius 3 is 2.60 bits per heavy atom. The third kappa shape index (κ3) is 2.25. The van der Waals surface area contributed by atoms with E-state index < -0.39 is 0 Å². The van der Waals surface area contributed by atoms with Crippen LogP contribution in [-0.2, 0) is 0 Å². The highest BCUT2D eigenvalue weighted by Gasteiger charge is 2.57. The first-order valence-electron chi connectivity index (χ1n) is 9.75. The van der Waals surface area contributed by atoms with Crippen LogP contribution >= 0.6 is 0 Å². The Bertz CT molecular complexity index is 705. The van der Waals surface area contributed by atoms with E-state index in [0.29, 0.717) is 5.92 Å². The summed E-state index contributed by atoms with van der Waals surface area (Å²) in [4.78, 5) is 0. The molecule has 0 aliphatic heterocycles. The van der Waals surface area contributed by atoms with Gasteiger partial charge in [-0.05, 0) is 92.1 Å². The Labute approximate surface area is 150 Å². The average molecular weight is 342 g/mol. The zero-order valence-electron chi connectivity index (χ0n) is 15.6. The largest absolute Gasteiger partial charge is 0.411 e. The van der Waals surface area contributed by atoms with Gasteiger partial charge in [0.2, 0.25) is 0 Å². The minimum atomic E-state index is 0.168. The summed E-state index contributed by atoms with van der Waals surface area (Å²) in [6.07, 6.45) is 12.4. The van der Waals surface area contributed by atoms with E-state index in [0.717, 1.165) is 48.9 Å². The van der Waals surface area contributed by atoms with E-state index in [1.54, 1.807) is 0 Å². The van der Waals surface area contributed by atoms with Gasteiger partial charge in [0, 0.05) is 0 Å². The summed E-state index contributed by atoms with van der Waals surface area (Å²) in [5, 5.41) is 25.4. The smallest absolute Gasteiger partial charge is 0.0799 e. The Balaban J connectivity index is 1.66. The normalized spacial score (nSPS) is 45.3. The summed E-state index contributed by atoms with van der Waals surface area (Å²) in [5.74, 6) is 2.14. The van der Waals surface area contributed by atoms with E-state index in [-0.39, 0.29) is 10.8 Å². The molecule has 2 N–H and O–H groups in total. The van der Waals surface area contributed by atoms with Crippen molar-refractivity contribution in [2.45, 2.75) is 65.7 Å². The van der Waals surface area contributed by atoms with Crippen LogP contribution < -0.4 is 0 Å². The molecule has 25 heavy (non-hydrogen) atoms. The van der Waals surface area contributed by atoms with Crippen molar-refractivity contribution >= 4 is 11.4 Å². The van der Waals surface area contributed by atoms with E-state index in [1.807, 2.05) is 6.92 Å². The van der Waals surface area contributed by atoms with Crippen LogP contribution in [-0.4, -0.2) is 21.8 Å². The number of allylic oxidation sites excluding steroid dienone is 4. The second-order valence-corrected chi connectivity index (χ2v) is 9.09. The van der Waals surface area contributed by atoms with Crippen LogP contribution in [0.3, 0.4) is 0 Å². The monoisotopic (exact) mass is 342 g/mol. The Morgan fingerprint density at radius 1 is 1.08 bits per heavy atom. The summed E-state index contributed by atoms with van der Waals surface area (Å²) in [5.41, 5.74) is 4.88. The molecule has 136 valence electrons. The Kier molecular flexibility index (Phi) is 3.86.